The minimum atomic E-state index is -3.66. The van der Waals surface area contributed by atoms with Gasteiger partial charge in [-0.15, -0.1) is 11.3 Å². The molecular weight excluding hydrogens is 308 g/mol. The second-order valence-corrected chi connectivity index (χ2v) is 7.09. The van der Waals surface area contributed by atoms with E-state index >= 15 is 0 Å². The fourth-order valence-electron chi connectivity index (χ4n) is 1.97. The molecule has 0 atom stereocenters. The molecule has 0 radical (unpaired) electrons. The molecule has 7 heteroatoms. The fourth-order valence-corrected chi connectivity index (χ4v) is 4.30. The minimum Gasteiger partial charge on any atom is -0.494 e. The highest BCUT2D eigenvalue weighted by molar-refractivity contribution is 7.94. The van der Waals surface area contributed by atoms with E-state index in [9.17, 15) is 8.42 Å². The van der Waals surface area contributed by atoms with Gasteiger partial charge in [0.25, 0.3) is 10.0 Å². The summed E-state index contributed by atoms with van der Waals surface area (Å²) in [7, 11) is -2.21. The largest absolute Gasteiger partial charge is 0.494 e. The van der Waals surface area contributed by atoms with Gasteiger partial charge in [-0.3, -0.25) is 9.71 Å². The maximum atomic E-state index is 12.4. The number of pyridine rings is 1. The smallest absolute Gasteiger partial charge is 0.275 e. The van der Waals surface area contributed by atoms with Gasteiger partial charge in [-0.1, -0.05) is 6.07 Å². The summed E-state index contributed by atoms with van der Waals surface area (Å²) in [5.74, 6) is 0.343. The molecule has 1 aromatic carbocycles. The average Bonchev–Trinajstić information content (AvgIpc) is 2.96. The lowest BCUT2D eigenvalue weighted by molar-refractivity contribution is 0.406. The number of ether oxygens (including phenoxy) is 1. The Morgan fingerprint density at radius 1 is 1.24 bits per heavy atom. The zero-order valence-corrected chi connectivity index (χ0v) is 12.7. The third-order valence-corrected chi connectivity index (χ3v) is 5.74. The number of anilines is 1. The highest BCUT2D eigenvalue weighted by Crippen LogP contribution is 2.31. The Morgan fingerprint density at radius 2 is 2.10 bits per heavy atom. The summed E-state index contributed by atoms with van der Waals surface area (Å²) < 4.78 is 32.6. The lowest BCUT2D eigenvalue weighted by Crippen LogP contribution is -2.12. The van der Waals surface area contributed by atoms with E-state index in [2.05, 4.69) is 9.71 Å². The minimum absolute atomic E-state index is 0.163. The number of hydrogen-bond acceptors (Lipinski definition) is 5. The monoisotopic (exact) mass is 320 g/mol. The van der Waals surface area contributed by atoms with Crippen LogP contribution in [0.5, 0.6) is 5.75 Å². The van der Waals surface area contributed by atoms with Crippen LogP contribution in [0.1, 0.15) is 0 Å². The first-order valence-electron chi connectivity index (χ1n) is 6.09. The first-order chi connectivity index (χ1) is 10.1. The van der Waals surface area contributed by atoms with Crippen LogP contribution in [0.25, 0.3) is 10.9 Å². The zero-order chi connectivity index (χ0) is 14.9. The third-order valence-electron chi connectivity index (χ3n) is 2.91. The third kappa shape index (κ3) is 2.70. The summed E-state index contributed by atoms with van der Waals surface area (Å²) in [6.45, 7) is 0. The molecule has 21 heavy (non-hydrogen) atoms. The van der Waals surface area contributed by atoms with Crippen molar-refractivity contribution in [3.63, 3.8) is 0 Å². The van der Waals surface area contributed by atoms with Crippen LogP contribution >= 0.6 is 11.3 Å². The molecule has 0 bridgehead atoms. The van der Waals surface area contributed by atoms with E-state index in [-0.39, 0.29) is 4.21 Å². The number of hydrogen-bond donors (Lipinski definition) is 1. The Kier molecular flexibility index (Phi) is 3.52. The van der Waals surface area contributed by atoms with E-state index in [1.165, 1.54) is 7.11 Å². The molecule has 0 aliphatic rings. The van der Waals surface area contributed by atoms with Gasteiger partial charge in [0.15, 0.2) is 4.21 Å². The van der Waals surface area contributed by atoms with Crippen molar-refractivity contribution in [2.24, 2.45) is 0 Å². The second-order valence-electron chi connectivity index (χ2n) is 4.29. The van der Waals surface area contributed by atoms with Gasteiger partial charge in [0, 0.05) is 17.3 Å². The first kappa shape index (κ1) is 13.8. The number of nitrogens with zero attached hydrogens (tertiary/aromatic N) is 1. The quantitative estimate of drug-likeness (QED) is 0.802. The fraction of sp³-hybridized carbons (Fsp3) is 0.0714. The van der Waals surface area contributed by atoms with E-state index in [0.717, 1.165) is 22.2 Å². The van der Waals surface area contributed by atoms with Crippen molar-refractivity contribution in [2.75, 3.05) is 11.8 Å². The lowest BCUT2D eigenvalue weighted by atomic mass is 10.2. The normalized spacial score (nSPS) is 11.5. The molecule has 0 aliphatic heterocycles. The van der Waals surface area contributed by atoms with Crippen LogP contribution in [0.2, 0.25) is 0 Å². The molecule has 0 fully saturated rings. The van der Waals surface area contributed by atoms with E-state index in [1.807, 2.05) is 12.1 Å². The van der Waals surface area contributed by atoms with Gasteiger partial charge in [0.05, 0.1) is 12.6 Å². The van der Waals surface area contributed by atoms with Crippen LogP contribution in [0.3, 0.4) is 0 Å². The van der Waals surface area contributed by atoms with Gasteiger partial charge in [0.2, 0.25) is 0 Å². The summed E-state index contributed by atoms with van der Waals surface area (Å²) in [6, 6.07) is 10.5. The van der Waals surface area contributed by atoms with Crippen molar-refractivity contribution in [3.05, 3.63) is 48.0 Å². The van der Waals surface area contributed by atoms with Gasteiger partial charge in [-0.25, -0.2) is 8.42 Å². The number of nitrogens with one attached hydrogen (secondary N) is 1. The lowest BCUT2D eigenvalue weighted by Gasteiger charge is -2.08. The van der Waals surface area contributed by atoms with Crippen molar-refractivity contribution in [3.8, 4) is 5.75 Å². The highest BCUT2D eigenvalue weighted by atomic mass is 32.2. The standard InChI is InChI=1S/C14H12N2O3S2/c1-19-13-6-8-20-14(13)21(17,18)16-11-4-5-12-10(9-11)3-2-7-15-12/h2-9,16H,1H3. The van der Waals surface area contributed by atoms with Crippen molar-refractivity contribution < 1.29 is 13.2 Å². The van der Waals surface area contributed by atoms with Crippen molar-refractivity contribution in [1.29, 1.82) is 0 Å². The van der Waals surface area contributed by atoms with Gasteiger partial charge in [-0.2, -0.15) is 0 Å². The van der Waals surface area contributed by atoms with Gasteiger partial charge >= 0.3 is 0 Å². The average molecular weight is 320 g/mol. The van der Waals surface area contributed by atoms with Crippen LogP contribution in [0.4, 0.5) is 5.69 Å². The summed E-state index contributed by atoms with van der Waals surface area (Å²) in [6.07, 6.45) is 1.70. The molecule has 0 saturated heterocycles. The van der Waals surface area contributed by atoms with E-state index < -0.39 is 10.0 Å². The Hall–Kier alpha value is -2.12. The molecule has 3 aromatic rings. The summed E-state index contributed by atoms with van der Waals surface area (Å²) in [4.78, 5) is 4.20. The highest BCUT2D eigenvalue weighted by Gasteiger charge is 2.21. The van der Waals surface area contributed by atoms with E-state index in [1.54, 1.807) is 35.8 Å². The number of methoxy groups -OCH3 is 1. The number of aromatic nitrogens is 1. The molecular formula is C14H12N2O3S2. The van der Waals surface area contributed by atoms with E-state index in [4.69, 9.17) is 4.74 Å². The Morgan fingerprint density at radius 3 is 2.90 bits per heavy atom. The van der Waals surface area contributed by atoms with Crippen molar-refractivity contribution in [2.45, 2.75) is 4.21 Å². The zero-order valence-electron chi connectivity index (χ0n) is 11.1. The molecule has 0 spiro atoms. The van der Waals surface area contributed by atoms with Gasteiger partial charge in [0.1, 0.15) is 5.75 Å². The molecule has 1 N–H and O–H groups in total. The maximum Gasteiger partial charge on any atom is 0.275 e. The molecule has 0 amide bonds. The van der Waals surface area contributed by atoms with E-state index in [0.29, 0.717) is 11.4 Å². The molecule has 2 heterocycles. The molecule has 0 saturated carbocycles. The predicted molar refractivity (Wildman–Crippen MR) is 83.4 cm³/mol. The molecule has 2 aromatic heterocycles. The Bertz CT molecular complexity index is 888. The van der Waals surface area contributed by atoms with Crippen LogP contribution in [-0.4, -0.2) is 20.5 Å². The molecule has 0 aliphatic carbocycles. The van der Waals surface area contributed by atoms with Crippen LogP contribution in [-0.2, 0) is 10.0 Å². The number of thiophene rings is 1. The van der Waals surface area contributed by atoms with Crippen LogP contribution < -0.4 is 9.46 Å². The number of fused-ring (bicyclic) bond motifs is 1. The first-order valence-corrected chi connectivity index (χ1v) is 8.45. The molecule has 108 valence electrons. The Balaban J connectivity index is 1.97. The molecule has 0 unspecified atom stereocenters. The summed E-state index contributed by atoms with van der Waals surface area (Å²) in [5.41, 5.74) is 1.31. The predicted octanol–water partition coefficient (Wildman–Crippen LogP) is 3.11. The summed E-state index contributed by atoms with van der Waals surface area (Å²) >= 11 is 1.12. The van der Waals surface area contributed by atoms with Crippen molar-refractivity contribution in [1.82, 2.24) is 4.98 Å². The SMILES string of the molecule is COc1ccsc1S(=O)(=O)Nc1ccc2ncccc2c1. The van der Waals surface area contributed by atoms with Gasteiger partial charge < -0.3 is 4.74 Å². The Labute approximate surface area is 126 Å². The molecule has 3 rings (SSSR count). The molecule has 5 nitrogen and oxygen atoms in total. The van der Waals surface area contributed by atoms with Gasteiger partial charge in [-0.05, 0) is 35.7 Å². The topological polar surface area (TPSA) is 68.3 Å². The number of sulfonamides is 1. The maximum absolute atomic E-state index is 12.4. The summed E-state index contributed by atoms with van der Waals surface area (Å²) in [5, 5.41) is 2.55. The van der Waals surface area contributed by atoms with Crippen LogP contribution in [0.15, 0.2) is 52.2 Å². The van der Waals surface area contributed by atoms with Crippen molar-refractivity contribution >= 4 is 38.0 Å². The number of benzene rings is 1. The number of rotatable bonds is 4. The van der Waals surface area contributed by atoms with Crippen LogP contribution in [0, 0.1) is 0 Å². The second kappa shape index (κ2) is 5.34.